The molecule has 28 heavy (non-hydrogen) atoms. The van der Waals surface area contributed by atoms with Crippen LogP contribution in [-0.2, 0) is 6.54 Å². The molecule has 0 radical (unpaired) electrons. The molecule has 0 saturated carbocycles. The first-order valence-electron chi connectivity index (χ1n) is 8.59. The van der Waals surface area contributed by atoms with Gasteiger partial charge in [0.25, 0.3) is 5.91 Å². The lowest BCUT2D eigenvalue weighted by atomic mass is 10.1. The molecule has 0 aliphatic heterocycles. The molecule has 8 nitrogen and oxygen atoms in total. The normalized spacial score (nSPS) is 10.8. The molecule has 0 aliphatic rings. The zero-order valence-corrected chi connectivity index (χ0v) is 15.0. The average Bonchev–Trinajstić information content (AvgIpc) is 3.15. The maximum atomic E-state index is 12.5. The van der Waals surface area contributed by atoms with Crippen molar-refractivity contribution in [1.29, 1.82) is 0 Å². The lowest BCUT2D eigenvalue weighted by Crippen LogP contribution is -2.27. The Hall–Kier alpha value is -3.94. The van der Waals surface area contributed by atoms with E-state index < -0.39 is 11.6 Å². The molecule has 0 saturated heterocycles. The third-order valence-corrected chi connectivity index (χ3v) is 4.30. The summed E-state index contributed by atoms with van der Waals surface area (Å²) in [5.41, 5.74) is 1.59. The Morgan fingerprint density at radius 3 is 2.82 bits per heavy atom. The topological polar surface area (TPSA) is 101 Å². The first-order chi connectivity index (χ1) is 13.6. The number of carbonyl (C=O) groups is 1. The van der Waals surface area contributed by atoms with Crippen molar-refractivity contribution in [1.82, 2.24) is 24.7 Å². The maximum Gasteiger partial charge on any atom is 0.346 e. The van der Waals surface area contributed by atoms with E-state index in [1.54, 1.807) is 43.6 Å². The maximum absolute atomic E-state index is 12.5. The number of ether oxygens (including phenoxy) is 1. The molecule has 3 heterocycles. The van der Waals surface area contributed by atoms with Crippen molar-refractivity contribution in [2.45, 2.75) is 6.54 Å². The van der Waals surface area contributed by atoms with E-state index in [1.165, 1.54) is 0 Å². The van der Waals surface area contributed by atoms with Gasteiger partial charge >= 0.3 is 5.69 Å². The average molecular weight is 375 g/mol. The number of nitrogens with one attached hydrogen (secondary N) is 2. The summed E-state index contributed by atoms with van der Waals surface area (Å²) in [6.45, 7) is 0.221. The molecule has 2 N–H and O–H groups in total. The van der Waals surface area contributed by atoms with Gasteiger partial charge in [-0.15, -0.1) is 0 Å². The first-order valence-corrected chi connectivity index (χ1v) is 8.59. The molecule has 1 aromatic carbocycles. The number of H-pyrrole nitrogens is 1. The van der Waals surface area contributed by atoms with E-state index in [1.807, 2.05) is 28.8 Å². The van der Waals surface area contributed by atoms with E-state index in [9.17, 15) is 9.59 Å². The van der Waals surface area contributed by atoms with Crippen LogP contribution in [0.5, 0.6) is 5.75 Å². The summed E-state index contributed by atoms with van der Waals surface area (Å²) >= 11 is 0. The van der Waals surface area contributed by atoms with E-state index >= 15 is 0 Å². The monoisotopic (exact) mass is 375 g/mol. The number of hydrogen-bond donors (Lipinski definition) is 2. The van der Waals surface area contributed by atoms with Gasteiger partial charge in [0.2, 0.25) is 0 Å². The Morgan fingerprint density at radius 2 is 2.04 bits per heavy atom. The highest BCUT2D eigenvalue weighted by atomic mass is 16.5. The molecule has 0 spiro atoms. The summed E-state index contributed by atoms with van der Waals surface area (Å²) in [6.07, 6.45) is 3.61. The van der Waals surface area contributed by atoms with Crippen molar-refractivity contribution in [3.05, 3.63) is 82.9 Å². The number of amides is 1. The van der Waals surface area contributed by atoms with Gasteiger partial charge in [-0.25, -0.2) is 9.78 Å². The molecule has 0 aliphatic carbocycles. The van der Waals surface area contributed by atoms with Gasteiger partial charge in [-0.3, -0.25) is 4.79 Å². The highest BCUT2D eigenvalue weighted by Gasteiger charge is 2.12. The number of methoxy groups -OCH3 is 1. The van der Waals surface area contributed by atoms with Crippen LogP contribution in [0.15, 0.2) is 65.7 Å². The molecule has 0 bridgehead atoms. The highest BCUT2D eigenvalue weighted by molar-refractivity contribution is 5.93. The minimum atomic E-state index is -0.593. The van der Waals surface area contributed by atoms with Gasteiger partial charge in [-0.2, -0.15) is 4.98 Å². The summed E-state index contributed by atoms with van der Waals surface area (Å²) in [6, 6.07) is 14.4. The Morgan fingerprint density at radius 1 is 1.21 bits per heavy atom. The van der Waals surface area contributed by atoms with Crippen LogP contribution in [0.3, 0.4) is 0 Å². The van der Waals surface area contributed by atoms with Crippen molar-refractivity contribution < 1.29 is 9.53 Å². The smallest absolute Gasteiger partial charge is 0.346 e. The second kappa shape index (κ2) is 7.36. The number of pyridine rings is 1. The van der Waals surface area contributed by atoms with Crippen LogP contribution < -0.4 is 15.7 Å². The fourth-order valence-corrected chi connectivity index (χ4v) is 2.87. The van der Waals surface area contributed by atoms with Gasteiger partial charge in [0.05, 0.1) is 31.1 Å². The van der Waals surface area contributed by atoms with Gasteiger partial charge < -0.3 is 19.4 Å². The molecule has 140 valence electrons. The van der Waals surface area contributed by atoms with Gasteiger partial charge in [0.15, 0.2) is 0 Å². The minimum Gasteiger partial charge on any atom is -0.497 e. The van der Waals surface area contributed by atoms with Crippen molar-refractivity contribution in [2.24, 2.45) is 0 Å². The second-order valence-electron chi connectivity index (χ2n) is 6.07. The SMILES string of the molecule is COc1ccc(-c2cc(C(=O)NCc3ncc4ccccn34)[nH]c(=O)n2)cc1. The zero-order valence-electron chi connectivity index (χ0n) is 15.0. The fraction of sp³-hybridized carbons (Fsp3) is 0.100. The van der Waals surface area contributed by atoms with Crippen LogP contribution in [0.4, 0.5) is 0 Å². The predicted molar refractivity (Wildman–Crippen MR) is 103 cm³/mol. The number of nitrogens with zero attached hydrogens (tertiary/aromatic N) is 3. The largest absolute Gasteiger partial charge is 0.497 e. The van der Waals surface area contributed by atoms with E-state index in [4.69, 9.17) is 4.74 Å². The minimum absolute atomic E-state index is 0.131. The molecule has 3 aromatic heterocycles. The van der Waals surface area contributed by atoms with Crippen molar-refractivity contribution in [3.8, 4) is 17.0 Å². The molecular weight excluding hydrogens is 358 g/mol. The molecule has 4 aromatic rings. The molecule has 0 atom stereocenters. The lowest BCUT2D eigenvalue weighted by molar-refractivity contribution is 0.0944. The quantitative estimate of drug-likeness (QED) is 0.556. The summed E-state index contributed by atoms with van der Waals surface area (Å²) < 4.78 is 7.02. The van der Waals surface area contributed by atoms with Gasteiger partial charge in [-0.05, 0) is 42.5 Å². The van der Waals surface area contributed by atoms with Gasteiger partial charge in [-0.1, -0.05) is 6.07 Å². The number of imidazole rings is 1. The Kier molecular flexibility index (Phi) is 4.59. The lowest BCUT2D eigenvalue weighted by Gasteiger charge is -2.07. The Balaban J connectivity index is 1.55. The predicted octanol–water partition coefficient (Wildman–Crippen LogP) is 2.02. The first kappa shape index (κ1) is 17.5. The van der Waals surface area contributed by atoms with Crippen LogP contribution in [0.25, 0.3) is 16.8 Å². The highest BCUT2D eigenvalue weighted by Crippen LogP contribution is 2.20. The Labute approximate surface area is 159 Å². The summed E-state index contributed by atoms with van der Waals surface area (Å²) in [5, 5.41) is 2.78. The number of aromatic amines is 1. The number of hydrogen-bond acceptors (Lipinski definition) is 5. The molecule has 1 amide bonds. The van der Waals surface area contributed by atoms with Crippen LogP contribution in [0, 0.1) is 0 Å². The third kappa shape index (κ3) is 3.48. The zero-order chi connectivity index (χ0) is 19.5. The Bertz CT molecular complexity index is 1190. The summed E-state index contributed by atoms with van der Waals surface area (Å²) in [7, 11) is 1.58. The van der Waals surface area contributed by atoms with Gasteiger partial charge in [0.1, 0.15) is 17.3 Å². The number of aromatic nitrogens is 4. The van der Waals surface area contributed by atoms with Crippen LogP contribution >= 0.6 is 0 Å². The van der Waals surface area contributed by atoms with Gasteiger partial charge in [0, 0.05) is 11.8 Å². The van der Waals surface area contributed by atoms with Crippen molar-refractivity contribution >= 4 is 11.4 Å². The number of carbonyl (C=O) groups excluding carboxylic acids is 1. The molecular formula is C20H17N5O3. The summed E-state index contributed by atoms with van der Waals surface area (Å²) in [4.78, 5) is 35.2. The number of fused-ring (bicyclic) bond motifs is 1. The number of benzene rings is 1. The molecule has 8 heteroatoms. The van der Waals surface area contributed by atoms with Crippen LogP contribution in [0.2, 0.25) is 0 Å². The number of rotatable bonds is 5. The molecule has 0 fully saturated rings. The van der Waals surface area contributed by atoms with E-state index in [0.717, 1.165) is 5.52 Å². The van der Waals surface area contributed by atoms with E-state index in [0.29, 0.717) is 22.8 Å². The van der Waals surface area contributed by atoms with E-state index in [-0.39, 0.29) is 12.2 Å². The standard InChI is InChI=1S/C20H17N5O3/c1-28-15-7-5-13(6-8-15)16-10-17(24-20(27)23-16)19(26)22-12-18-21-11-14-4-2-3-9-25(14)18/h2-11H,12H2,1H3,(H,22,26)(H,23,24,27). The van der Waals surface area contributed by atoms with Crippen molar-refractivity contribution in [2.75, 3.05) is 7.11 Å². The molecule has 4 rings (SSSR count). The van der Waals surface area contributed by atoms with Crippen LogP contribution in [0.1, 0.15) is 16.3 Å². The molecule has 0 unspecified atom stereocenters. The second-order valence-corrected chi connectivity index (χ2v) is 6.07. The van der Waals surface area contributed by atoms with Crippen molar-refractivity contribution in [3.63, 3.8) is 0 Å². The van der Waals surface area contributed by atoms with Crippen LogP contribution in [-0.4, -0.2) is 32.4 Å². The van der Waals surface area contributed by atoms with E-state index in [2.05, 4.69) is 20.3 Å². The summed E-state index contributed by atoms with van der Waals surface area (Å²) in [5.74, 6) is 0.969. The fourth-order valence-electron chi connectivity index (χ4n) is 2.87. The third-order valence-electron chi connectivity index (χ3n) is 4.30.